The Balaban J connectivity index is 0.000000154. The molecule has 10 aromatic heterocycles. The molecule has 0 saturated carbocycles. The Kier molecular flexibility index (Phi) is 38.3. The van der Waals surface area contributed by atoms with Crippen LogP contribution in [0.4, 0.5) is 29.1 Å². The molecule has 3 fully saturated rings. The minimum Gasteiger partial charge on any atom is -0.768 e. The Morgan fingerprint density at radius 2 is 1.14 bits per heavy atom. The van der Waals surface area contributed by atoms with E-state index >= 15 is 0 Å². The third kappa shape index (κ3) is 30.6. The summed E-state index contributed by atoms with van der Waals surface area (Å²) >= 11 is -0.638. The van der Waals surface area contributed by atoms with Crippen molar-refractivity contribution in [1.29, 1.82) is 0 Å². The number of aromatic amines is 1. The van der Waals surface area contributed by atoms with Crippen LogP contribution >= 0.6 is 11.3 Å². The summed E-state index contributed by atoms with van der Waals surface area (Å²) in [6, 6.07) is 52.1. The van der Waals surface area contributed by atoms with Gasteiger partial charge >= 0.3 is 0 Å². The van der Waals surface area contributed by atoms with E-state index in [9.17, 15) is 27.9 Å². The highest BCUT2D eigenvalue weighted by molar-refractivity contribution is 7.79. The zero-order valence-electron chi connectivity index (χ0n) is 91.8. The number of Topliss-reactive ketones (excluding diaryl/α,β-unsaturated/α-hetero) is 1. The fourth-order valence-electron chi connectivity index (χ4n) is 17.3. The van der Waals surface area contributed by atoms with Crippen LogP contribution in [0.5, 0.6) is 0 Å². The molecule has 16 aromatic rings. The van der Waals surface area contributed by atoms with Crippen molar-refractivity contribution in [2.24, 2.45) is 17.4 Å². The molecule has 3 amide bonds. The summed E-state index contributed by atoms with van der Waals surface area (Å²) in [4.78, 5) is 120. The number of nitrogens with one attached hydrogen (secondary N) is 7. The van der Waals surface area contributed by atoms with Gasteiger partial charge in [0.1, 0.15) is 39.7 Å². The molecule has 150 heavy (non-hydrogen) atoms. The molecule has 13 heterocycles. The van der Waals surface area contributed by atoms with E-state index in [1.54, 1.807) is 49.8 Å². The molecule has 3 aliphatic rings. The number of carbonyl (C=O) groups is 4. The fourth-order valence-corrected chi connectivity index (χ4v) is 18.6. The normalized spacial score (nSPS) is 14.8. The number of ketones is 1. The van der Waals surface area contributed by atoms with Gasteiger partial charge in [-0.15, -0.1) is 11.3 Å². The number of nitrogens with two attached hydrogens (primary N) is 3. The van der Waals surface area contributed by atoms with Gasteiger partial charge < -0.3 is 62.8 Å². The van der Waals surface area contributed by atoms with Crippen molar-refractivity contribution < 1.29 is 27.9 Å². The van der Waals surface area contributed by atoms with Gasteiger partial charge in [0.25, 0.3) is 11.8 Å². The van der Waals surface area contributed by atoms with Crippen molar-refractivity contribution in [1.82, 2.24) is 101 Å². The number of hydrogen-bond donors (Lipinski definition) is 10. The minimum absolute atomic E-state index is 0.00319. The number of imidazole rings is 1. The number of hydrogen-bond acceptors (Lipinski definition) is 28. The first-order chi connectivity index (χ1) is 70.8. The number of nitrogen functional groups attached to an aromatic ring is 1. The first-order valence-electron chi connectivity index (χ1n) is 51.6. The lowest BCUT2D eigenvalue weighted by Gasteiger charge is -2.23. The first kappa shape index (κ1) is 115. The summed E-state index contributed by atoms with van der Waals surface area (Å²) in [6.07, 6.45) is 13.0. The lowest BCUT2D eigenvalue weighted by molar-refractivity contribution is -0.120. The maximum absolute atomic E-state index is 12.5. The number of thiophene rings is 1. The lowest BCUT2D eigenvalue weighted by atomic mass is 9.85. The second-order valence-electron chi connectivity index (χ2n) is 45.4. The monoisotopic (exact) mass is 2070 g/mol. The van der Waals surface area contributed by atoms with Crippen LogP contribution in [0.25, 0.3) is 76.4 Å². The van der Waals surface area contributed by atoms with Crippen LogP contribution in [0.15, 0.2) is 194 Å². The van der Waals surface area contributed by atoms with Crippen molar-refractivity contribution in [3.05, 3.63) is 250 Å². The van der Waals surface area contributed by atoms with Crippen molar-refractivity contribution in [3.63, 3.8) is 0 Å². The molecular weight excluding hydrogens is 1920 g/mol. The van der Waals surface area contributed by atoms with E-state index in [4.69, 9.17) is 42.1 Å². The van der Waals surface area contributed by atoms with Gasteiger partial charge in [-0.1, -0.05) is 231 Å². The molecule has 19 rings (SSSR count). The average molecular weight is 2070 g/mol. The minimum atomic E-state index is -2.08. The van der Waals surface area contributed by atoms with Crippen LogP contribution in [0.2, 0.25) is 0 Å². The number of para-hydroxylation sites is 7. The van der Waals surface area contributed by atoms with Crippen molar-refractivity contribution in [2.45, 2.75) is 279 Å². The standard InChI is InChI=1S/C20H22N4O.C16H26N6.C16H23N5O.C16H22N4OS.C16H20N2O.C14H18N2.C12H15N3.C6H6O2S/c1-20(2,3)17-18(24-16-12-8-7-11-15(16)22-17)23-14-10-6-5-9-13(14)19(25)21-4;1-10(2)22-9-18-13-12(22)14(21-7-6-11(17)8-21)20-15(19-13)16(3,4)5;1-16(2,3)12-11-6-9-18-13(11)20-15(19-12)21-14(22)10-4-7-17-8-5-10;1-16(2,3)13-11-7-12(22-15(11)19-9-18-13)14(21)20-10-5-4-6-17-8-10;1-5-11(19)10-14-15(16(2,3)4)18-13-9-7-6-8-12(13)17-14;1-14(2,3)12-6-7-16-13-8-10(9-15)4-5-11(12)13;1-12(2,3)10-11(13)15-9-7-5-4-6-8(9)14-10;7-9(8)6-4-2-1-3-5-6/h5-12H,1-4H3,(H,21,25)(H,23,24);9-11H,6-8,17H2,1-5H3;6,9-10,17H,4-5,7-8H2,1-3H3,(H2,18,19,20,21,22);7,9-10,17H,4-6,8H2,1-3H3,(H,20,21);6-9H,5,10H2,1-4H3;4-8H,9,15H2,1-3H3;4-7H,1-3H3,(H2,13,15);1-5H,(H,7,8)/p-1. The summed E-state index contributed by atoms with van der Waals surface area (Å²) in [5, 5.41) is 21.8. The largest absolute Gasteiger partial charge is 0.768 e. The molecule has 0 bridgehead atoms. The van der Waals surface area contributed by atoms with Gasteiger partial charge in [-0.25, -0.2) is 59.8 Å². The maximum Gasteiger partial charge on any atom is 0.261 e. The molecular formula is C116H151N26O6S2-. The van der Waals surface area contributed by atoms with E-state index in [1.165, 1.54) is 22.3 Å². The third-order valence-corrected chi connectivity index (χ3v) is 27.0. The van der Waals surface area contributed by atoms with Crippen LogP contribution in [0.1, 0.15) is 282 Å². The SMILES string of the molecule is CC(C)(C)c1ccnc2cc(CN)ccc12.CC(C)(C)c1nc(NC(=O)C2CCNCC2)nc2[nH]ccc12.CC(C)(C)c1nc2ccccc2nc1N.CC(C)(C)c1ncnc2sc(C(=O)NC3CCCNC3)cc12.CC(C)n1cnc2nc(C(C)(C)C)nc(N3CCC(N)C3)c21.CCC(=O)Cc1nc2ccccc2nc1C(C)(C)C.CNC(=O)c1ccccc1Nc1nc2ccccc2nc1C(C)(C)C.O=S([O-])c1ccccc1. The number of amides is 3. The third-order valence-electron chi connectivity index (χ3n) is 25.3. The van der Waals surface area contributed by atoms with Crippen LogP contribution in [0.3, 0.4) is 0 Å². The molecule has 32 nitrogen and oxygen atoms in total. The smallest absolute Gasteiger partial charge is 0.261 e. The summed E-state index contributed by atoms with van der Waals surface area (Å²) in [7, 11) is 1.62. The molecule has 13 N–H and O–H groups in total. The van der Waals surface area contributed by atoms with Crippen LogP contribution in [0, 0.1) is 5.92 Å². The molecule has 0 spiro atoms. The highest BCUT2D eigenvalue weighted by atomic mass is 32.2. The molecule has 3 atom stereocenters. The number of nitrogens with zero attached hydrogens (tertiary/aromatic N) is 16. The molecule has 3 saturated heterocycles. The van der Waals surface area contributed by atoms with Crippen LogP contribution in [-0.4, -0.2) is 170 Å². The molecule has 34 heteroatoms. The summed E-state index contributed by atoms with van der Waals surface area (Å²) in [5.41, 5.74) is 35.0. The van der Waals surface area contributed by atoms with Crippen LogP contribution < -0.4 is 54.0 Å². The van der Waals surface area contributed by atoms with E-state index < -0.39 is 11.1 Å². The quantitative estimate of drug-likeness (QED) is 0.0452. The molecule has 3 aliphatic heterocycles. The predicted octanol–water partition coefficient (Wildman–Crippen LogP) is 20.8. The lowest BCUT2D eigenvalue weighted by Crippen LogP contribution is -2.45. The second kappa shape index (κ2) is 49.9. The van der Waals surface area contributed by atoms with E-state index in [1.807, 2.05) is 129 Å². The van der Waals surface area contributed by atoms with Gasteiger partial charge in [0, 0.05) is 130 Å². The highest BCUT2D eigenvalue weighted by Gasteiger charge is 2.33. The first-order valence-corrected chi connectivity index (χ1v) is 53.5. The van der Waals surface area contributed by atoms with Gasteiger partial charge in [-0.2, -0.15) is 4.98 Å². The Bertz CT molecular complexity index is 7370. The summed E-state index contributed by atoms with van der Waals surface area (Å²) in [6.45, 7) is 56.8. The van der Waals surface area contributed by atoms with E-state index in [0.29, 0.717) is 64.0 Å². The molecule has 6 aromatic carbocycles. The number of carbonyl (C=O) groups excluding carboxylic acids is 4. The fraction of sp³-hybridized carbons (Fsp3) is 0.431. The molecule has 3 unspecified atom stereocenters. The highest BCUT2D eigenvalue weighted by Crippen LogP contribution is 2.39. The predicted molar refractivity (Wildman–Crippen MR) is 609 cm³/mol. The van der Waals surface area contributed by atoms with Gasteiger partial charge in [-0.05, 0) is 178 Å². The van der Waals surface area contributed by atoms with Gasteiger partial charge in [0.2, 0.25) is 11.9 Å². The summed E-state index contributed by atoms with van der Waals surface area (Å²) in [5.74, 6) is 3.53. The number of fused-ring (bicyclic) bond motifs is 7. The van der Waals surface area contributed by atoms with Crippen molar-refractivity contribution in [2.75, 3.05) is 67.6 Å². The van der Waals surface area contributed by atoms with E-state index in [0.717, 1.165) is 194 Å². The van der Waals surface area contributed by atoms with Gasteiger partial charge in [0.05, 0.1) is 102 Å². The number of pyridine rings is 1. The van der Waals surface area contributed by atoms with Crippen molar-refractivity contribution >= 4 is 151 Å². The summed E-state index contributed by atoms with van der Waals surface area (Å²) < 4.78 is 22.6. The maximum atomic E-state index is 12.5. The molecule has 0 aliphatic carbocycles. The van der Waals surface area contributed by atoms with E-state index in [2.05, 4.69) is 275 Å². The van der Waals surface area contributed by atoms with Crippen LogP contribution in [-0.2, 0) is 71.5 Å². The Morgan fingerprint density at radius 1 is 0.553 bits per heavy atom. The average Bonchev–Trinajstić information content (AvgIpc) is 1.60. The van der Waals surface area contributed by atoms with Gasteiger partial charge in [-0.3, -0.25) is 33.7 Å². The van der Waals surface area contributed by atoms with Crippen molar-refractivity contribution in [3.8, 4) is 0 Å². The molecule has 0 radical (unpaired) electrons. The Morgan fingerprint density at radius 3 is 1.69 bits per heavy atom. The Labute approximate surface area is 888 Å². The Hall–Kier alpha value is -13.6. The second-order valence-corrected chi connectivity index (χ2v) is 47.4. The number of rotatable bonds is 14. The number of benzene rings is 6. The number of aromatic nitrogens is 16. The zero-order chi connectivity index (χ0) is 109. The molecule has 794 valence electrons. The van der Waals surface area contributed by atoms with E-state index in [-0.39, 0.29) is 79.4 Å². The van der Waals surface area contributed by atoms with Gasteiger partial charge in [0.15, 0.2) is 17.3 Å². The number of H-pyrrole nitrogens is 1. The topological polar surface area (TPSA) is 463 Å². The number of anilines is 5. The number of piperidine rings is 2. The zero-order valence-corrected chi connectivity index (χ0v) is 93.4.